The van der Waals surface area contributed by atoms with Crippen LogP contribution in [0.3, 0.4) is 0 Å². The molecular formula is C12H21NO3. The maximum absolute atomic E-state index is 11.7. The van der Waals surface area contributed by atoms with Crippen LogP contribution in [0.1, 0.15) is 40.0 Å². The van der Waals surface area contributed by atoms with Crippen molar-refractivity contribution in [3.05, 3.63) is 0 Å². The van der Waals surface area contributed by atoms with Crippen LogP contribution >= 0.6 is 0 Å². The fraction of sp³-hybridized carbons (Fsp3) is 0.917. The molecule has 2 aliphatic rings. The molecular weight excluding hydrogens is 206 g/mol. The van der Waals surface area contributed by atoms with Gasteiger partial charge in [-0.2, -0.15) is 0 Å². The van der Waals surface area contributed by atoms with Crippen LogP contribution in [0.15, 0.2) is 0 Å². The first-order chi connectivity index (χ1) is 7.30. The van der Waals surface area contributed by atoms with E-state index in [9.17, 15) is 9.90 Å². The van der Waals surface area contributed by atoms with E-state index in [1.54, 1.807) is 4.90 Å². The monoisotopic (exact) mass is 227 g/mol. The maximum Gasteiger partial charge on any atom is 0.410 e. The second-order valence-corrected chi connectivity index (χ2v) is 6.07. The summed E-state index contributed by atoms with van der Waals surface area (Å²) in [7, 11) is 0. The van der Waals surface area contributed by atoms with E-state index < -0.39 is 11.2 Å². The van der Waals surface area contributed by atoms with Crippen LogP contribution in [0.5, 0.6) is 0 Å². The summed E-state index contributed by atoms with van der Waals surface area (Å²) in [6, 6.07) is 0. The lowest BCUT2D eigenvalue weighted by Gasteiger charge is -2.53. The fourth-order valence-electron chi connectivity index (χ4n) is 2.27. The summed E-state index contributed by atoms with van der Waals surface area (Å²) in [4.78, 5) is 13.2. The Bertz CT molecular complexity index is 285. The number of aliphatic hydroxyl groups is 1. The number of hydrogen-bond donors (Lipinski definition) is 1. The van der Waals surface area contributed by atoms with Gasteiger partial charge in [-0.15, -0.1) is 0 Å². The molecule has 0 bridgehead atoms. The lowest BCUT2D eigenvalue weighted by Crippen LogP contribution is -2.68. The lowest BCUT2D eigenvalue weighted by molar-refractivity contribution is -0.148. The van der Waals surface area contributed by atoms with Gasteiger partial charge in [0.2, 0.25) is 0 Å². The highest BCUT2D eigenvalue weighted by atomic mass is 16.6. The van der Waals surface area contributed by atoms with Crippen LogP contribution in [0.2, 0.25) is 0 Å². The van der Waals surface area contributed by atoms with Gasteiger partial charge >= 0.3 is 6.09 Å². The molecule has 1 saturated carbocycles. The van der Waals surface area contributed by atoms with Gasteiger partial charge in [0.05, 0.1) is 13.1 Å². The van der Waals surface area contributed by atoms with Crippen molar-refractivity contribution in [3.63, 3.8) is 0 Å². The van der Waals surface area contributed by atoms with E-state index in [0.717, 1.165) is 12.8 Å². The first-order valence-corrected chi connectivity index (χ1v) is 6.00. The molecule has 0 atom stereocenters. The van der Waals surface area contributed by atoms with Crippen LogP contribution in [0, 0.1) is 5.92 Å². The maximum atomic E-state index is 11.7. The van der Waals surface area contributed by atoms with Crippen molar-refractivity contribution >= 4 is 6.09 Å². The third kappa shape index (κ3) is 2.17. The Kier molecular flexibility index (Phi) is 2.65. The highest BCUT2D eigenvalue weighted by Crippen LogP contribution is 2.41. The Morgan fingerprint density at radius 2 is 1.94 bits per heavy atom. The quantitative estimate of drug-likeness (QED) is 0.742. The topological polar surface area (TPSA) is 49.8 Å². The first kappa shape index (κ1) is 11.7. The molecule has 4 heteroatoms. The van der Waals surface area contributed by atoms with Gasteiger partial charge in [-0.25, -0.2) is 4.79 Å². The fourth-order valence-corrected chi connectivity index (χ4v) is 2.27. The van der Waals surface area contributed by atoms with Crippen LogP contribution in [0.25, 0.3) is 0 Å². The summed E-state index contributed by atoms with van der Waals surface area (Å²) in [6.07, 6.45) is 3.09. The van der Waals surface area contributed by atoms with E-state index in [-0.39, 0.29) is 6.09 Å². The number of nitrogens with zero attached hydrogens (tertiary/aromatic N) is 1. The Morgan fingerprint density at radius 3 is 2.31 bits per heavy atom. The smallest absolute Gasteiger partial charge is 0.410 e. The third-order valence-electron chi connectivity index (χ3n) is 3.45. The van der Waals surface area contributed by atoms with E-state index in [1.165, 1.54) is 6.42 Å². The predicted octanol–water partition coefficient (Wildman–Crippen LogP) is 1.77. The van der Waals surface area contributed by atoms with E-state index in [0.29, 0.717) is 19.0 Å². The molecule has 0 aromatic carbocycles. The predicted molar refractivity (Wildman–Crippen MR) is 60.1 cm³/mol. The van der Waals surface area contributed by atoms with Gasteiger partial charge < -0.3 is 14.7 Å². The van der Waals surface area contributed by atoms with Gasteiger partial charge in [0.25, 0.3) is 0 Å². The zero-order valence-corrected chi connectivity index (χ0v) is 10.3. The molecule has 2 rings (SSSR count). The van der Waals surface area contributed by atoms with Crippen molar-refractivity contribution in [3.8, 4) is 0 Å². The molecule has 16 heavy (non-hydrogen) atoms. The zero-order chi connectivity index (χ0) is 12.0. The number of hydrogen-bond acceptors (Lipinski definition) is 3. The zero-order valence-electron chi connectivity index (χ0n) is 10.3. The molecule has 0 unspecified atom stereocenters. The van der Waals surface area contributed by atoms with Gasteiger partial charge in [0.1, 0.15) is 11.2 Å². The second-order valence-electron chi connectivity index (χ2n) is 6.07. The number of carbonyl (C=O) groups excluding carboxylic acids is 1. The van der Waals surface area contributed by atoms with Gasteiger partial charge in [0, 0.05) is 0 Å². The lowest BCUT2D eigenvalue weighted by atomic mass is 9.69. The second kappa shape index (κ2) is 3.62. The highest BCUT2D eigenvalue weighted by Gasteiger charge is 2.51. The Morgan fingerprint density at radius 1 is 1.38 bits per heavy atom. The summed E-state index contributed by atoms with van der Waals surface area (Å²) in [6.45, 7) is 6.42. The molecule has 4 nitrogen and oxygen atoms in total. The summed E-state index contributed by atoms with van der Waals surface area (Å²) < 4.78 is 5.24. The summed E-state index contributed by atoms with van der Waals surface area (Å²) in [5.74, 6) is 0.395. The number of carbonyl (C=O) groups is 1. The van der Waals surface area contributed by atoms with Crippen molar-refractivity contribution in [2.45, 2.75) is 51.2 Å². The molecule has 1 aliphatic heterocycles. The Balaban J connectivity index is 1.81. The number of likely N-dealkylation sites (tertiary alicyclic amines) is 1. The summed E-state index contributed by atoms with van der Waals surface area (Å²) in [5, 5.41) is 10.2. The molecule has 0 radical (unpaired) electrons. The van der Waals surface area contributed by atoms with Crippen molar-refractivity contribution < 1.29 is 14.6 Å². The van der Waals surface area contributed by atoms with E-state index in [2.05, 4.69) is 0 Å². The van der Waals surface area contributed by atoms with E-state index in [4.69, 9.17) is 4.74 Å². The molecule has 1 saturated heterocycles. The third-order valence-corrected chi connectivity index (χ3v) is 3.45. The average molecular weight is 227 g/mol. The van der Waals surface area contributed by atoms with Gasteiger partial charge in [-0.05, 0) is 39.5 Å². The molecule has 0 spiro atoms. The molecule has 2 fully saturated rings. The van der Waals surface area contributed by atoms with Crippen LogP contribution in [-0.2, 0) is 4.74 Å². The van der Waals surface area contributed by atoms with E-state index in [1.807, 2.05) is 20.8 Å². The number of ether oxygens (including phenoxy) is 1. The molecule has 0 aromatic rings. The molecule has 1 aliphatic carbocycles. The molecule has 1 heterocycles. The molecule has 0 aromatic heterocycles. The first-order valence-electron chi connectivity index (χ1n) is 6.00. The van der Waals surface area contributed by atoms with Crippen LogP contribution < -0.4 is 0 Å². The average Bonchev–Trinajstić information content (AvgIpc) is 1.92. The number of amides is 1. The van der Waals surface area contributed by atoms with Crippen LogP contribution in [-0.4, -0.2) is 40.4 Å². The van der Waals surface area contributed by atoms with Crippen molar-refractivity contribution in [2.75, 3.05) is 13.1 Å². The van der Waals surface area contributed by atoms with Crippen molar-refractivity contribution in [1.29, 1.82) is 0 Å². The Hall–Kier alpha value is -0.770. The number of rotatable bonds is 1. The minimum absolute atomic E-state index is 0.309. The van der Waals surface area contributed by atoms with E-state index >= 15 is 0 Å². The largest absolute Gasteiger partial charge is 0.444 e. The number of β-amino-alcohol motifs (C(OH)–C–C–N with tert-alkyl or cyclic N) is 1. The van der Waals surface area contributed by atoms with Gasteiger partial charge in [-0.3, -0.25) is 0 Å². The highest BCUT2D eigenvalue weighted by molar-refractivity contribution is 5.69. The molecule has 92 valence electrons. The molecule has 1 amide bonds. The Labute approximate surface area is 96.6 Å². The van der Waals surface area contributed by atoms with Crippen molar-refractivity contribution in [1.82, 2.24) is 4.90 Å². The van der Waals surface area contributed by atoms with Gasteiger partial charge in [-0.1, -0.05) is 6.42 Å². The SMILES string of the molecule is CC(C)(C)OC(=O)N1CC(O)(C2CCC2)C1. The normalized spacial score (nSPS) is 24.6. The minimum Gasteiger partial charge on any atom is -0.444 e. The minimum atomic E-state index is -0.630. The van der Waals surface area contributed by atoms with Crippen molar-refractivity contribution in [2.24, 2.45) is 5.92 Å². The molecule has 1 N–H and O–H groups in total. The standard InChI is InChI=1S/C12H21NO3/c1-11(2,3)16-10(14)13-7-12(15,8-13)9-5-4-6-9/h9,15H,4-8H2,1-3H3. The summed E-state index contributed by atoms with van der Waals surface area (Å²) in [5.41, 5.74) is -1.09. The van der Waals surface area contributed by atoms with Crippen LogP contribution in [0.4, 0.5) is 4.79 Å². The van der Waals surface area contributed by atoms with Gasteiger partial charge in [0.15, 0.2) is 0 Å². The summed E-state index contributed by atoms with van der Waals surface area (Å²) >= 11 is 0.